The normalized spacial score (nSPS) is 15.1. The zero-order chi connectivity index (χ0) is 12.9. The van der Waals surface area contributed by atoms with Crippen molar-refractivity contribution in [2.45, 2.75) is 32.7 Å². The van der Waals surface area contributed by atoms with Crippen molar-refractivity contribution in [1.82, 2.24) is 14.7 Å². The van der Waals surface area contributed by atoms with E-state index in [1.54, 1.807) is 0 Å². The summed E-state index contributed by atoms with van der Waals surface area (Å²) in [4.78, 5) is 16.7. The lowest BCUT2D eigenvalue weighted by molar-refractivity contribution is 0.0944. The van der Waals surface area contributed by atoms with Gasteiger partial charge in [0, 0.05) is 12.2 Å². The third-order valence-electron chi connectivity index (χ3n) is 3.11. The molecule has 0 aliphatic heterocycles. The Kier molecular flexibility index (Phi) is 2.66. The summed E-state index contributed by atoms with van der Waals surface area (Å²) in [7, 11) is 0. The lowest BCUT2D eigenvalue weighted by Crippen LogP contribution is -2.27. The fraction of sp³-hybridized carbons (Fsp3) is 0.385. The van der Waals surface area contributed by atoms with E-state index in [1.807, 2.05) is 30.5 Å². The number of halogens is 1. The van der Waals surface area contributed by atoms with Crippen LogP contribution in [0.15, 0.2) is 16.7 Å². The van der Waals surface area contributed by atoms with E-state index >= 15 is 0 Å². The number of carbonyl (C=O) groups excluding carboxylic acids is 1. The zero-order valence-corrected chi connectivity index (χ0v) is 11.9. The summed E-state index contributed by atoms with van der Waals surface area (Å²) < 4.78 is 2.78. The summed E-state index contributed by atoms with van der Waals surface area (Å²) >= 11 is 3.49. The molecule has 0 saturated heterocycles. The summed E-state index contributed by atoms with van der Waals surface area (Å²) in [6.07, 6.45) is 4.12. The van der Waals surface area contributed by atoms with Crippen LogP contribution in [0.25, 0.3) is 5.65 Å². The highest BCUT2D eigenvalue weighted by Crippen LogP contribution is 2.24. The van der Waals surface area contributed by atoms with Crippen molar-refractivity contribution in [3.63, 3.8) is 0 Å². The Morgan fingerprint density at radius 1 is 1.50 bits per heavy atom. The van der Waals surface area contributed by atoms with Gasteiger partial charge in [-0.1, -0.05) is 0 Å². The maximum atomic E-state index is 12.2. The van der Waals surface area contributed by atoms with Gasteiger partial charge in [-0.3, -0.25) is 9.20 Å². The molecular formula is C13H14BrN3O. The molecule has 0 spiro atoms. The molecule has 1 aliphatic rings. The van der Waals surface area contributed by atoms with Crippen molar-refractivity contribution in [1.29, 1.82) is 0 Å². The number of pyridine rings is 1. The van der Waals surface area contributed by atoms with Gasteiger partial charge in [0.05, 0.1) is 10.2 Å². The minimum Gasteiger partial charge on any atom is -0.348 e. The van der Waals surface area contributed by atoms with Crippen molar-refractivity contribution in [2.75, 3.05) is 0 Å². The van der Waals surface area contributed by atoms with E-state index in [2.05, 4.69) is 26.2 Å². The Morgan fingerprint density at radius 3 is 2.89 bits per heavy atom. The minimum atomic E-state index is -0.0278. The summed E-state index contributed by atoms with van der Waals surface area (Å²) in [6.45, 7) is 3.87. The highest BCUT2D eigenvalue weighted by atomic mass is 79.9. The molecule has 5 heteroatoms. The lowest BCUT2D eigenvalue weighted by Gasteiger charge is -2.05. The monoisotopic (exact) mass is 307 g/mol. The number of aryl methyl sites for hydroxylation is 2. The second-order valence-corrected chi connectivity index (χ2v) is 5.71. The number of aromatic nitrogens is 2. The second kappa shape index (κ2) is 4.09. The molecule has 0 radical (unpaired) electrons. The molecule has 1 amide bonds. The fourth-order valence-corrected chi connectivity index (χ4v) is 2.74. The fourth-order valence-electron chi connectivity index (χ4n) is 2.10. The van der Waals surface area contributed by atoms with Crippen molar-refractivity contribution in [2.24, 2.45) is 0 Å². The molecule has 1 saturated carbocycles. The molecule has 0 aromatic carbocycles. The van der Waals surface area contributed by atoms with E-state index in [0.717, 1.165) is 34.2 Å². The largest absolute Gasteiger partial charge is 0.348 e. The number of hydrogen-bond donors (Lipinski definition) is 1. The van der Waals surface area contributed by atoms with Crippen molar-refractivity contribution >= 4 is 27.5 Å². The molecule has 0 bridgehead atoms. The van der Waals surface area contributed by atoms with Gasteiger partial charge < -0.3 is 5.32 Å². The standard InChI is InChI=1S/C13H14BrN3O/c1-7-5-10(14)12-15-8(2)11(17(12)6-7)13(18)16-9-3-4-9/h5-6,9H,3-4H2,1-2H3,(H,16,18). The average Bonchev–Trinajstić information content (AvgIpc) is 3.01. The van der Waals surface area contributed by atoms with E-state index in [0.29, 0.717) is 11.7 Å². The molecule has 0 unspecified atom stereocenters. The number of amides is 1. The molecular weight excluding hydrogens is 294 g/mol. The predicted molar refractivity (Wildman–Crippen MR) is 72.9 cm³/mol. The maximum Gasteiger partial charge on any atom is 0.270 e. The molecule has 0 atom stereocenters. The smallest absolute Gasteiger partial charge is 0.270 e. The number of fused-ring (bicyclic) bond motifs is 1. The number of rotatable bonds is 2. The summed E-state index contributed by atoms with van der Waals surface area (Å²) in [6, 6.07) is 2.36. The molecule has 1 aliphatic carbocycles. The van der Waals surface area contributed by atoms with Crippen LogP contribution in [0.1, 0.15) is 34.6 Å². The van der Waals surface area contributed by atoms with Crippen LogP contribution < -0.4 is 5.32 Å². The van der Waals surface area contributed by atoms with Gasteiger partial charge in [0.1, 0.15) is 5.69 Å². The molecule has 18 heavy (non-hydrogen) atoms. The van der Waals surface area contributed by atoms with Crippen LogP contribution in [0, 0.1) is 13.8 Å². The van der Waals surface area contributed by atoms with Crippen LogP contribution in [0.3, 0.4) is 0 Å². The second-order valence-electron chi connectivity index (χ2n) is 4.85. The zero-order valence-electron chi connectivity index (χ0n) is 10.3. The van der Waals surface area contributed by atoms with E-state index in [1.165, 1.54) is 0 Å². The Labute approximate surface area is 114 Å². The molecule has 1 N–H and O–H groups in total. The first kappa shape index (κ1) is 11.7. The summed E-state index contributed by atoms with van der Waals surface area (Å²) in [5, 5.41) is 3.01. The van der Waals surface area contributed by atoms with Gasteiger partial charge in [0.25, 0.3) is 5.91 Å². The molecule has 94 valence electrons. The van der Waals surface area contributed by atoms with Crippen molar-refractivity contribution < 1.29 is 4.79 Å². The Bertz CT molecular complexity index is 643. The molecule has 4 nitrogen and oxygen atoms in total. The highest BCUT2D eigenvalue weighted by Gasteiger charge is 2.26. The van der Waals surface area contributed by atoms with E-state index in [9.17, 15) is 4.79 Å². The van der Waals surface area contributed by atoms with Crippen LogP contribution in [0.2, 0.25) is 0 Å². The van der Waals surface area contributed by atoms with Gasteiger partial charge in [-0.2, -0.15) is 0 Å². The molecule has 2 aromatic rings. The topological polar surface area (TPSA) is 46.4 Å². The van der Waals surface area contributed by atoms with Crippen LogP contribution in [0.5, 0.6) is 0 Å². The molecule has 2 aromatic heterocycles. The number of hydrogen-bond acceptors (Lipinski definition) is 2. The summed E-state index contributed by atoms with van der Waals surface area (Å²) in [5.74, 6) is -0.0278. The molecule has 3 rings (SSSR count). The van der Waals surface area contributed by atoms with Crippen LogP contribution in [-0.2, 0) is 0 Å². The van der Waals surface area contributed by atoms with Gasteiger partial charge >= 0.3 is 0 Å². The minimum absolute atomic E-state index is 0.0278. The van der Waals surface area contributed by atoms with E-state index < -0.39 is 0 Å². The quantitative estimate of drug-likeness (QED) is 0.927. The Balaban J connectivity index is 2.14. The number of nitrogens with zero attached hydrogens (tertiary/aromatic N) is 2. The van der Waals surface area contributed by atoms with E-state index in [-0.39, 0.29) is 5.91 Å². The van der Waals surface area contributed by atoms with E-state index in [4.69, 9.17) is 0 Å². The highest BCUT2D eigenvalue weighted by molar-refractivity contribution is 9.10. The number of imidazole rings is 1. The van der Waals surface area contributed by atoms with Crippen LogP contribution in [0.4, 0.5) is 0 Å². The average molecular weight is 308 g/mol. The Morgan fingerprint density at radius 2 is 2.22 bits per heavy atom. The van der Waals surface area contributed by atoms with Gasteiger partial charge in [-0.15, -0.1) is 0 Å². The lowest BCUT2D eigenvalue weighted by atomic mass is 10.3. The first-order valence-electron chi connectivity index (χ1n) is 6.02. The van der Waals surface area contributed by atoms with Crippen molar-refractivity contribution in [3.05, 3.63) is 33.7 Å². The van der Waals surface area contributed by atoms with Crippen molar-refractivity contribution in [3.8, 4) is 0 Å². The molecule has 1 fully saturated rings. The van der Waals surface area contributed by atoms with Crippen LogP contribution in [-0.4, -0.2) is 21.3 Å². The third kappa shape index (κ3) is 1.92. The number of carbonyl (C=O) groups is 1. The summed E-state index contributed by atoms with van der Waals surface area (Å²) in [5.41, 5.74) is 3.28. The first-order valence-corrected chi connectivity index (χ1v) is 6.81. The number of nitrogens with one attached hydrogen (secondary N) is 1. The predicted octanol–water partition coefficient (Wildman–Crippen LogP) is 2.61. The van der Waals surface area contributed by atoms with Gasteiger partial charge in [-0.05, 0) is 54.2 Å². The van der Waals surface area contributed by atoms with Crippen LogP contribution >= 0.6 is 15.9 Å². The third-order valence-corrected chi connectivity index (χ3v) is 3.70. The molecule has 2 heterocycles. The van der Waals surface area contributed by atoms with Gasteiger partial charge in [-0.25, -0.2) is 4.98 Å². The maximum absolute atomic E-state index is 12.2. The SMILES string of the molecule is Cc1cc(Br)c2nc(C)c(C(=O)NC3CC3)n2c1. The first-order chi connectivity index (χ1) is 8.56. The Hall–Kier alpha value is -1.36. The van der Waals surface area contributed by atoms with Gasteiger partial charge in [0.15, 0.2) is 5.65 Å². The van der Waals surface area contributed by atoms with Gasteiger partial charge in [0.2, 0.25) is 0 Å².